The number of nitrogens with one attached hydrogen (secondary N) is 2. The van der Waals surface area contributed by atoms with Gasteiger partial charge in [0.2, 0.25) is 21.9 Å². The van der Waals surface area contributed by atoms with Gasteiger partial charge in [0.05, 0.1) is 35.4 Å². The molecular weight excluding hydrogens is 648 g/mol. The first-order valence-corrected chi connectivity index (χ1v) is 17.2. The number of aryl methyl sites for hydroxylation is 1. The molecule has 3 aromatic carbocycles. The van der Waals surface area contributed by atoms with Crippen LogP contribution in [0.2, 0.25) is 0 Å². The summed E-state index contributed by atoms with van der Waals surface area (Å²) in [4.78, 5) is 38.6. The number of esters is 1. The lowest BCUT2D eigenvalue weighted by molar-refractivity contribution is 0.0599. The fourth-order valence-corrected chi connectivity index (χ4v) is 7.07. The van der Waals surface area contributed by atoms with Crippen LogP contribution in [-0.4, -0.2) is 71.7 Å². The third-order valence-electron chi connectivity index (χ3n) is 8.17. The number of anilines is 2. The van der Waals surface area contributed by atoms with E-state index >= 15 is 0 Å². The quantitative estimate of drug-likeness (QED) is 0.146. The molecule has 2 aromatic heterocycles. The minimum absolute atomic E-state index is 0.128. The first-order valence-electron chi connectivity index (χ1n) is 15.5. The van der Waals surface area contributed by atoms with Crippen molar-refractivity contribution < 1.29 is 32.6 Å². The zero-order chi connectivity index (χ0) is 34.5. The molecule has 14 heteroatoms. The number of nitrogens with zero attached hydrogens (tertiary/aromatic N) is 4. The molecule has 1 amide bonds. The van der Waals surface area contributed by atoms with Gasteiger partial charge in [0.25, 0.3) is 0 Å². The Morgan fingerprint density at radius 3 is 2.63 bits per heavy atom. The highest BCUT2D eigenvalue weighted by molar-refractivity contribution is 7.91. The van der Waals surface area contributed by atoms with Crippen LogP contribution in [0, 0.1) is 6.92 Å². The van der Waals surface area contributed by atoms with Crippen molar-refractivity contribution in [2.24, 2.45) is 0 Å². The van der Waals surface area contributed by atoms with Crippen LogP contribution in [0.4, 0.5) is 16.4 Å². The number of carbonyl (C=O) groups is 2. The van der Waals surface area contributed by atoms with Gasteiger partial charge < -0.3 is 24.8 Å². The number of carboxylic acid groups (broad SMARTS) is 1. The van der Waals surface area contributed by atoms with Crippen LogP contribution >= 0.6 is 0 Å². The number of ether oxygens (including phenoxy) is 2. The molecule has 3 N–H and O–H groups in total. The Bertz CT molecular complexity index is 2140. The molecule has 1 fully saturated rings. The van der Waals surface area contributed by atoms with Crippen molar-refractivity contribution in [1.82, 2.24) is 19.9 Å². The van der Waals surface area contributed by atoms with Crippen molar-refractivity contribution in [2.45, 2.75) is 31.6 Å². The van der Waals surface area contributed by atoms with E-state index in [0.29, 0.717) is 58.1 Å². The number of piperidine rings is 1. The molecule has 0 bridgehead atoms. The smallest absolute Gasteiger partial charge is 0.407 e. The van der Waals surface area contributed by atoms with Crippen LogP contribution < -0.4 is 14.8 Å². The summed E-state index contributed by atoms with van der Waals surface area (Å²) < 4.78 is 40.7. The summed E-state index contributed by atoms with van der Waals surface area (Å²) >= 11 is 0. The average molecular weight is 683 g/mol. The second-order valence-electron chi connectivity index (χ2n) is 11.6. The molecule has 0 spiro atoms. The van der Waals surface area contributed by atoms with Gasteiger partial charge >= 0.3 is 12.1 Å². The highest BCUT2D eigenvalue weighted by Crippen LogP contribution is 2.39. The zero-order valence-corrected chi connectivity index (χ0v) is 27.6. The van der Waals surface area contributed by atoms with Crippen LogP contribution in [0.1, 0.15) is 34.3 Å². The minimum Gasteiger partial charge on any atom is -0.465 e. The third-order valence-corrected chi connectivity index (χ3v) is 9.39. The summed E-state index contributed by atoms with van der Waals surface area (Å²) in [5, 5.41) is 13.9. The maximum atomic E-state index is 13.4. The highest BCUT2D eigenvalue weighted by atomic mass is 32.2. The Morgan fingerprint density at radius 1 is 0.980 bits per heavy atom. The second kappa shape index (κ2) is 14.2. The van der Waals surface area contributed by atoms with Crippen LogP contribution in [-0.2, 0) is 20.5 Å². The van der Waals surface area contributed by atoms with E-state index in [9.17, 15) is 23.1 Å². The SMILES string of the molecule is COC(=O)c1ccccc1CS(=O)(=O)Nc1cccc2c(Oc3ncccc3-c3ccnc(N[C@H]4CCCN(C(=O)O)C4)n3)c(C)ccc12. The lowest BCUT2D eigenvalue weighted by atomic mass is 10.0. The summed E-state index contributed by atoms with van der Waals surface area (Å²) in [6.45, 7) is 2.72. The molecule has 5 aromatic rings. The molecule has 1 atom stereocenters. The van der Waals surface area contributed by atoms with E-state index in [1.807, 2.05) is 31.2 Å². The summed E-state index contributed by atoms with van der Waals surface area (Å²) in [7, 11) is -2.71. The van der Waals surface area contributed by atoms with Crippen molar-refractivity contribution in [2.75, 3.05) is 30.2 Å². The van der Waals surface area contributed by atoms with Gasteiger partial charge in [-0.15, -0.1) is 0 Å². The van der Waals surface area contributed by atoms with E-state index in [2.05, 4.69) is 20.0 Å². The van der Waals surface area contributed by atoms with Gasteiger partial charge in [-0.25, -0.2) is 33.0 Å². The van der Waals surface area contributed by atoms with Crippen LogP contribution in [0.3, 0.4) is 0 Å². The maximum Gasteiger partial charge on any atom is 0.407 e. The molecule has 49 heavy (non-hydrogen) atoms. The number of carbonyl (C=O) groups excluding carboxylic acids is 1. The van der Waals surface area contributed by atoms with E-state index < -0.39 is 27.8 Å². The summed E-state index contributed by atoms with van der Waals surface area (Å²) in [5.74, 6) is 0.0702. The molecule has 1 aliphatic rings. The lowest BCUT2D eigenvalue weighted by Gasteiger charge is -2.31. The van der Waals surface area contributed by atoms with E-state index in [-0.39, 0.29) is 17.5 Å². The molecule has 0 aliphatic carbocycles. The first-order chi connectivity index (χ1) is 23.6. The fourth-order valence-electron chi connectivity index (χ4n) is 5.82. The summed E-state index contributed by atoms with van der Waals surface area (Å²) in [6, 6.07) is 20.5. The minimum atomic E-state index is -3.95. The molecule has 0 unspecified atom stereocenters. The van der Waals surface area contributed by atoms with Gasteiger partial charge in [-0.3, -0.25) is 4.72 Å². The van der Waals surface area contributed by atoms with Crippen LogP contribution in [0.5, 0.6) is 11.6 Å². The number of fused-ring (bicyclic) bond motifs is 1. The van der Waals surface area contributed by atoms with Crippen molar-refractivity contribution in [3.05, 3.63) is 102 Å². The van der Waals surface area contributed by atoms with Crippen molar-refractivity contribution >= 4 is 44.5 Å². The molecule has 0 saturated carbocycles. The van der Waals surface area contributed by atoms with Gasteiger partial charge in [-0.1, -0.05) is 42.5 Å². The molecule has 13 nitrogen and oxygen atoms in total. The summed E-state index contributed by atoms with van der Waals surface area (Å²) in [5.41, 5.74) is 2.77. The number of pyridine rings is 1. The van der Waals surface area contributed by atoms with Crippen LogP contribution in [0.15, 0.2) is 85.2 Å². The van der Waals surface area contributed by atoms with Crippen molar-refractivity contribution in [3.8, 4) is 22.9 Å². The van der Waals surface area contributed by atoms with Gasteiger partial charge in [0.15, 0.2) is 0 Å². The van der Waals surface area contributed by atoms with Gasteiger partial charge in [-0.05, 0) is 61.2 Å². The number of sulfonamides is 1. The number of hydrogen-bond acceptors (Lipinski definition) is 10. The van der Waals surface area contributed by atoms with Crippen molar-refractivity contribution in [3.63, 3.8) is 0 Å². The molecule has 3 heterocycles. The van der Waals surface area contributed by atoms with Crippen LogP contribution in [0.25, 0.3) is 22.0 Å². The molecule has 252 valence electrons. The first kappa shape index (κ1) is 33.2. The van der Waals surface area contributed by atoms with Gasteiger partial charge in [0, 0.05) is 42.3 Å². The second-order valence-corrected chi connectivity index (χ2v) is 13.3. The average Bonchev–Trinajstić information content (AvgIpc) is 3.09. The number of aromatic nitrogens is 3. The molecular formula is C35H34N6O7S. The third kappa shape index (κ3) is 7.54. The predicted octanol–water partition coefficient (Wildman–Crippen LogP) is 6.08. The fraction of sp³-hybridized carbons (Fsp3) is 0.229. The van der Waals surface area contributed by atoms with E-state index in [0.717, 1.165) is 18.4 Å². The Morgan fingerprint density at radius 2 is 1.82 bits per heavy atom. The van der Waals surface area contributed by atoms with E-state index in [1.54, 1.807) is 54.9 Å². The molecule has 1 saturated heterocycles. The normalized spacial score (nSPS) is 14.7. The Labute approximate surface area is 283 Å². The number of benzene rings is 3. The zero-order valence-electron chi connectivity index (χ0n) is 26.8. The standard InChI is InChI=1S/C35H34N6O7S/c1-22-14-15-26-27(11-5-13-30(26)40-49(45,46)21-23-8-3-4-10-25(23)33(42)47-2)31(22)48-32-28(12-6-17-36-32)29-16-18-37-34(39-29)38-24-9-7-19-41(20-24)35(43)44/h3-6,8,10-18,24,40H,7,9,19-21H2,1-2H3,(H,43,44)(H,37,38,39)/t24-/m0/s1. The highest BCUT2D eigenvalue weighted by Gasteiger charge is 2.24. The monoisotopic (exact) mass is 682 g/mol. The Balaban J connectivity index is 1.27. The van der Waals surface area contributed by atoms with E-state index in [1.165, 1.54) is 18.1 Å². The van der Waals surface area contributed by atoms with Crippen molar-refractivity contribution in [1.29, 1.82) is 0 Å². The number of methoxy groups -OCH3 is 1. The molecule has 1 aliphatic heterocycles. The number of rotatable bonds is 10. The topological polar surface area (TPSA) is 173 Å². The lowest BCUT2D eigenvalue weighted by Crippen LogP contribution is -2.44. The summed E-state index contributed by atoms with van der Waals surface area (Å²) in [6.07, 6.45) is 3.80. The maximum absolute atomic E-state index is 13.4. The van der Waals surface area contributed by atoms with Gasteiger partial charge in [-0.2, -0.15) is 0 Å². The number of hydrogen-bond donors (Lipinski definition) is 3. The number of amides is 1. The Kier molecular flexibility index (Phi) is 9.58. The van der Waals surface area contributed by atoms with Gasteiger partial charge in [0.1, 0.15) is 5.75 Å². The largest absolute Gasteiger partial charge is 0.465 e. The molecule has 6 rings (SSSR count). The number of likely N-dealkylation sites (tertiary alicyclic amines) is 1. The molecule has 0 radical (unpaired) electrons. The predicted molar refractivity (Wildman–Crippen MR) is 184 cm³/mol. The Hall–Kier alpha value is -5.76. The van der Waals surface area contributed by atoms with E-state index in [4.69, 9.17) is 14.5 Å².